The molecule has 0 radical (unpaired) electrons. The summed E-state index contributed by atoms with van der Waals surface area (Å²) in [7, 11) is 1.60. The van der Waals surface area contributed by atoms with Crippen molar-refractivity contribution in [3.05, 3.63) is 34.9 Å². The Morgan fingerprint density at radius 1 is 1.60 bits per heavy atom. The lowest BCUT2D eigenvalue weighted by atomic mass is 10.2. The standard InChI is InChI=1S/C11H14ClNO2/c1-8(7-15-2)13-11(14)9-4-3-5-10(12)6-9/h3-6,8H,7H2,1-2H3,(H,13,14)/t8-/m1/s1. The molecular formula is C11H14ClNO2. The molecular weight excluding hydrogens is 214 g/mol. The minimum Gasteiger partial charge on any atom is -0.383 e. The predicted octanol–water partition coefficient (Wildman–Crippen LogP) is 2.10. The van der Waals surface area contributed by atoms with E-state index >= 15 is 0 Å². The van der Waals surface area contributed by atoms with Crippen LogP contribution in [-0.4, -0.2) is 25.7 Å². The fourth-order valence-electron chi connectivity index (χ4n) is 1.23. The zero-order valence-corrected chi connectivity index (χ0v) is 9.54. The molecule has 0 fully saturated rings. The first-order valence-electron chi connectivity index (χ1n) is 4.69. The Bertz CT molecular complexity index is 341. The van der Waals surface area contributed by atoms with E-state index in [1.165, 1.54) is 0 Å². The van der Waals surface area contributed by atoms with Gasteiger partial charge >= 0.3 is 0 Å². The smallest absolute Gasteiger partial charge is 0.251 e. The molecule has 1 N–H and O–H groups in total. The quantitative estimate of drug-likeness (QED) is 0.856. The van der Waals surface area contributed by atoms with E-state index in [0.29, 0.717) is 17.2 Å². The first-order valence-corrected chi connectivity index (χ1v) is 5.06. The molecule has 1 aromatic rings. The van der Waals surface area contributed by atoms with Crippen molar-refractivity contribution in [2.24, 2.45) is 0 Å². The van der Waals surface area contributed by atoms with Gasteiger partial charge in [-0.05, 0) is 25.1 Å². The van der Waals surface area contributed by atoms with Crippen LogP contribution in [0.25, 0.3) is 0 Å². The monoisotopic (exact) mass is 227 g/mol. The van der Waals surface area contributed by atoms with Crippen LogP contribution in [0, 0.1) is 0 Å². The molecule has 0 saturated heterocycles. The number of benzene rings is 1. The molecule has 4 heteroatoms. The molecule has 82 valence electrons. The van der Waals surface area contributed by atoms with Crippen LogP contribution in [0.5, 0.6) is 0 Å². The number of amides is 1. The van der Waals surface area contributed by atoms with Crippen LogP contribution in [0.2, 0.25) is 5.02 Å². The van der Waals surface area contributed by atoms with Crippen LogP contribution in [0.15, 0.2) is 24.3 Å². The molecule has 0 saturated carbocycles. The molecule has 0 unspecified atom stereocenters. The number of ether oxygens (including phenoxy) is 1. The highest BCUT2D eigenvalue weighted by molar-refractivity contribution is 6.30. The van der Waals surface area contributed by atoms with Gasteiger partial charge in [0.15, 0.2) is 0 Å². The van der Waals surface area contributed by atoms with Gasteiger partial charge in [-0.2, -0.15) is 0 Å². The number of carbonyl (C=O) groups is 1. The van der Waals surface area contributed by atoms with Gasteiger partial charge in [0.2, 0.25) is 0 Å². The summed E-state index contributed by atoms with van der Waals surface area (Å²) in [5.41, 5.74) is 0.561. The van der Waals surface area contributed by atoms with E-state index in [0.717, 1.165) is 0 Å². The van der Waals surface area contributed by atoms with Gasteiger partial charge in [-0.25, -0.2) is 0 Å². The zero-order chi connectivity index (χ0) is 11.3. The van der Waals surface area contributed by atoms with Crippen LogP contribution < -0.4 is 5.32 Å². The molecule has 0 aliphatic heterocycles. The van der Waals surface area contributed by atoms with Gasteiger partial charge < -0.3 is 10.1 Å². The van der Waals surface area contributed by atoms with E-state index in [1.54, 1.807) is 31.4 Å². The summed E-state index contributed by atoms with van der Waals surface area (Å²) in [6, 6.07) is 6.83. The SMILES string of the molecule is COC[C@@H](C)NC(=O)c1cccc(Cl)c1. The highest BCUT2D eigenvalue weighted by atomic mass is 35.5. The number of hydrogen-bond acceptors (Lipinski definition) is 2. The van der Waals surface area contributed by atoms with Gasteiger partial charge in [-0.15, -0.1) is 0 Å². The highest BCUT2D eigenvalue weighted by Crippen LogP contribution is 2.10. The Kier molecular flexibility index (Phi) is 4.59. The van der Waals surface area contributed by atoms with Gasteiger partial charge in [0.25, 0.3) is 5.91 Å². The summed E-state index contributed by atoms with van der Waals surface area (Å²) < 4.78 is 4.92. The van der Waals surface area contributed by atoms with Crippen LogP contribution in [0.3, 0.4) is 0 Å². The van der Waals surface area contributed by atoms with Gasteiger partial charge in [-0.3, -0.25) is 4.79 Å². The van der Waals surface area contributed by atoms with E-state index in [-0.39, 0.29) is 11.9 Å². The number of methoxy groups -OCH3 is 1. The minimum absolute atomic E-state index is 0.0125. The molecule has 15 heavy (non-hydrogen) atoms. The summed E-state index contributed by atoms with van der Waals surface area (Å²) in [5, 5.41) is 3.36. The highest BCUT2D eigenvalue weighted by Gasteiger charge is 2.09. The maximum Gasteiger partial charge on any atom is 0.251 e. The summed E-state index contributed by atoms with van der Waals surface area (Å²) in [6.07, 6.45) is 0. The molecule has 0 heterocycles. The molecule has 0 bridgehead atoms. The molecule has 1 atom stereocenters. The van der Waals surface area contributed by atoms with Crippen LogP contribution in [0.4, 0.5) is 0 Å². The van der Waals surface area contributed by atoms with E-state index in [1.807, 2.05) is 6.92 Å². The van der Waals surface area contributed by atoms with Gasteiger partial charge in [0.1, 0.15) is 0 Å². The summed E-state index contributed by atoms with van der Waals surface area (Å²) in [4.78, 5) is 11.7. The molecule has 1 rings (SSSR count). The number of halogens is 1. The molecule has 1 aromatic carbocycles. The third kappa shape index (κ3) is 3.90. The van der Waals surface area contributed by atoms with Crippen molar-refractivity contribution in [3.63, 3.8) is 0 Å². The Hall–Kier alpha value is -1.06. The second kappa shape index (κ2) is 5.73. The average molecular weight is 228 g/mol. The zero-order valence-electron chi connectivity index (χ0n) is 8.79. The molecule has 3 nitrogen and oxygen atoms in total. The number of rotatable bonds is 4. The second-order valence-corrected chi connectivity index (χ2v) is 3.78. The summed E-state index contributed by atoms with van der Waals surface area (Å²) >= 11 is 5.78. The van der Waals surface area contributed by atoms with E-state index in [2.05, 4.69) is 5.32 Å². The van der Waals surface area contributed by atoms with Crippen LogP contribution >= 0.6 is 11.6 Å². The van der Waals surface area contributed by atoms with Crippen molar-refractivity contribution < 1.29 is 9.53 Å². The summed E-state index contributed by atoms with van der Waals surface area (Å²) in [5.74, 6) is -0.137. The Labute approximate surface area is 94.4 Å². The third-order valence-corrected chi connectivity index (χ3v) is 2.12. The molecule has 0 aliphatic carbocycles. The second-order valence-electron chi connectivity index (χ2n) is 3.34. The average Bonchev–Trinajstić information content (AvgIpc) is 2.18. The van der Waals surface area contributed by atoms with E-state index in [9.17, 15) is 4.79 Å². The Morgan fingerprint density at radius 2 is 2.33 bits per heavy atom. The lowest BCUT2D eigenvalue weighted by Gasteiger charge is -2.12. The minimum atomic E-state index is -0.137. The van der Waals surface area contributed by atoms with E-state index in [4.69, 9.17) is 16.3 Å². The lowest BCUT2D eigenvalue weighted by Crippen LogP contribution is -2.35. The number of carbonyl (C=O) groups excluding carboxylic acids is 1. The summed E-state index contributed by atoms with van der Waals surface area (Å²) in [6.45, 7) is 2.37. The topological polar surface area (TPSA) is 38.3 Å². The third-order valence-electron chi connectivity index (χ3n) is 1.88. The molecule has 0 spiro atoms. The lowest BCUT2D eigenvalue weighted by molar-refractivity contribution is 0.0905. The van der Waals surface area contributed by atoms with Gasteiger partial charge in [0, 0.05) is 23.7 Å². The fourth-order valence-corrected chi connectivity index (χ4v) is 1.42. The number of nitrogens with one attached hydrogen (secondary N) is 1. The Morgan fingerprint density at radius 3 is 2.93 bits per heavy atom. The van der Waals surface area contributed by atoms with Crippen molar-refractivity contribution in [1.82, 2.24) is 5.32 Å². The fraction of sp³-hybridized carbons (Fsp3) is 0.364. The van der Waals surface area contributed by atoms with Crippen molar-refractivity contribution >= 4 is 17.5 Å². The van der Waals surface area contributed by atoms with Crippen LogP contribution in [0.1, 0.15) is 17.3 Å². The molecule has 0 aromatic heterocycles. The normalized spacial score (nSPS) is 12.2. The first-order chi connectivity index (χ1) is 7.13. The molecule has 1 amide bonds. The predicted molar refractivity (Wildman–Crippen MR) is 60.3 cm³/mol. The van der Waals surface area contributed by atoms with Gasteiger partial charge in [-0.1, -0.05) is 17.7 Å². The van der Waals surface area contributed by atoms with Crippen molar-refractivity contribution in [2.75, 3.05) is 13.7 Å². The van der Waals surface area contributed by atoms with Gasteiger partial charge in [0.05, 0.1) is 6.61 Å². The van der Waals surface area contributed by atoms with Crippen molar-refractivity contribution in [1.29, 1.82) is 0 Å². The largest absolute Gasteiger partial charge is 0.383 e. The maximum atomic E-state index is 11.7. The van der Waals surface area contributed by atoms with E-state index < -0.39 is 0 Å². The van der Waals surface area contributed by atoms with Crippen molar-refractivity contribution in [3.8, 4) is 0 Å². The maximum absolute atomic E-state index is 11.7. The number of hydrogen-bond donors (Lipinski definition) is 1. The van der Waals surface area contributed by atoms with Crippen molar-refractivity contribution in [2.45, 2.75) is 13.0 Å². The first kappa shape index (κ1) is 12.0. The Balaban J connectivity index is 2.61. The van der Waals surface area contributed by atoms with Crippen LogP contribution in [-0.2, 0) is 4.74 Å². The molecule has 0 aliphatic rings.